The molecule has 168 valence electrons. The molecule has 2 atom stereocenters. The zero-order chi connectivity index (χ0) is 22.2. The van der Waals surface area contributed by atoms with Gasteiger partial charge in [-0.2, -0.15) is 0 Å². The average molecular weight is 457 g/mol. The summed E-state index contributed by atoms with van der Waals surface area (Å²) in [6.07, 6.45) is 2.00. The molecule has 7 nitrogen and oxygen atoms in total. The number of nitrogens with one attached hydrogen (secondary N) is 1. The van der Waals surface area contributed by atoms with Gasteiger partial charge >= 0.3 is 0 Å². The van der Waals surface area contributed by atoms with Crippen LogP contribution in [0.4, 0.5) is 10.1 Å². The molecular formula is C23H26ClFN6O. The van der Waals surface area contributed by atoms with Gasteiger partial charge in [0.2, 0.25) is 5.91 Å². The number of carbonyl (C=O) groups is 1. The van der Waals surface area contributed by atoms with Crippen LogP contribution in [0.2, 0.25) is 5.02 Å². The number of hydrogen-bond acceptors (Lipinski definition) is 5. The van der Waals surface area contributed by atoms with Gasteiger partial charge in [0, 0.05) is 42.5 Å². The molecule has 0 unspecified atom stereocenters. The minimum Gasteiger partial charge on any atom is -0.368 e. The summed E-state index contributed by atoms with van der Waals surface area (Å²) in [5, 5.41) is 12.2. The molecule has 1 amide bonds. The van der Waals surface area contributed by atoms with Crippen molar-refractivity contribution < 1.29 is 9.18 Å². The summed E-state index contributed by atoms with van der Waals surface area (Å²) in [7, 11) is 0. The van der Waals surface area contributed by atoms with Gasteiger partial charge < -0.3 is 15.1 Å². The molecule has 0 radical (unpaired) electrons. The molecule has 1 N–H and O–H groups in total. The Kier molecular flexibility index (Phi) is 5.73. The monoisotopic (exact) mass is 456 g/mol. The number of halogens is 2. The van der Waals surface area contributed by atoms with E-state index in [1.165, 1.54) is 6.07 Å². The van der Waals surface area contributed by atoms with E-state index in [9.17, 15) is 9.18 Å². The molecule has 3 heterocycles. The number of carbonyl (C=O) groups excluding carboxylic acids is 1. The first-order valence-corrected chi connectivity index (χ1v) is 11.5. The van der Waals surface area contributed by atoms with E-state index in [0.717, 1.165) is 49.2 Å². The zero-order valence-electron chi connectivity index (χ0n) is 18.0. The largest absolute Gasteiger partial charge is 0.368 e. The van der Waals surface area contributed by atoms with Crippen molar-refractivity contribution in [3.63, 3.8) is 0 Å². The van der Waals surface area contributed by atoms with Gasteiger partial charge in [0.15, 0.2) is 0 Å². The summed E-state index contributed by atoms with van der Waals surface area (Å²) in [5.41, 5.74) is 3.17. The predicted molar refractivity (Wildman–Crippen MR) is 123 cm³/mol. The second-order valence-corrected chi connectivity index (χ2v) is 8.95. The Bertz CT molecular complexity index is 1140. The van der Waals surface area contributed by atoms with Gasteiger partial charge in [-0.15, -0.1) is 5.10 Å². The molecule has 32 heavy (non-hydrogen) atoms. The third-order valence-electron chi connectivity index (χ3n) is 6.55. The Morgan fingerprint density at radius 2 is 2.00 bits per heavy atom. The summed E-state index contributed by atoms with van der Waals surface area (Å²) in [4.78, 5) is 16.9. The number of aromatic nitrogens is 3. The highest BCUT2D eigenvalue weighted by Crippen LogP contribution is 2.28. The molecule has 0 aliphatic carbocycles. The van der Waals surface area contributed by atoms with Crippen molar-refractivity contribution in [1.29, 1.82) is 0 Å². The molecular weight excluding hydrogens is 431 g/mol. The third-order valence-corrected chi connectivity index (χ3v) is 6.78. The fourth-order valence-corrected chi connectivity index (χ4v) is 4.84. The highest BCUT2D eigenvalue weighted by atomic mass is 35.5. The summed E-state index contributed by atoms with van der Waals surface area (Å²) < 4.78 is 16.2. The molecule has 0 saturated carbocycles. The lowest BCUT2D eigenvalue weighted by Gasteiger charge is -2.37. The van der Waals surface area contributed by atoms with Crippen LogP contribution in [0.1, 0.15) is 31.4 Å². The predicted octanol–water partition coefficient (Wildman–Crippen LogP) is 3.23. The molecule has 2 aliphatic rings. The van der Waals surface area contributed by atoms with E-state index in [2.05, 4.69) is 26.6 Å². The topological polar surface area (TPSA) is 66.3 Å². The molecule has 0 bridgehead atoms. The van der Waals surface area contributed by atoms with Gasteiger partial charge in [-0.25, -0.2) is 9.07 Å². The molecule has 1 aromatic heterocycles. The molecule has 2 fully saturated rings. The summed E-state index contributed by atoms with van der Waals surface area (Å²) in [5.74, 6) is -0.138. The van der Waals surface area contributed by atoms with E-state index >= 15 is 0 Å². The first-order chi connectivity index (χ1) is 15.5. The molecule has 5 rings (SSSR count). The maximum Gasteiger partial charge on any atom is 0.239 e. The summed E-state index contributed by atoms with van der Waals surface area (Å²) in [6.45, 7) is 5.78. The number of benzene rings is 2. The van der Waals surface area contributed by atoms with Crippen LogP contribution in [-0.2, 0) is 4.79 Å². The van der Waals surface area contributed by atoms with Crippen LogP contribution in [0.15, 0.2) is 36.4 Å². The standard InChI is InChI=1S/C23H26ClFN6O/c1-15(18-6-4-16(24)13-19(18)25)31-22-14-17(5-7-20(22)27-28-31)29-9-11-30(12-10-29)23(32)21-3-2-8-26-21/h4-7,13-15,21,26H,2-3,8-12H2,1H3/t15-,21-/m1/s1. The third kappa shape index (κ3) is 3.93. The number of hydrogen-bond donors (Lipinski definition) is 1. The van der Waals surface area contributed by atoms with E-state index in [-0.39, 0.29) is 23.8 Å². The van der Waals surface area contributed by atoms with Crippen molar-refractivity contribution in [2.24, 2.45) is 0 Å². The number of rotatable bonds is 4. The van der Waals surface area contributed by atoms with E-state index < -0.39 is 0 Å². The van der Waals surface area contributed by atoms with Crippen LogP contribution in [0.25, 0.3) is 11.0 Å². The van der Waals surface area contributed by atoms with E-state index in [4.69, 9.17) is 11.6 Å². The van der Waals surface area contributed by atoms with Crippen LogP contribution < -0.4 is 10.2 Å². The zero-order valence-corrected chi connectivity index (χ0v) is 18.7. The number of piperazine rings is 1. The van der Waals surface area contributed by atoms with Crippen molar-refractivity contribution in [3.8, 4) is 0 Å². The lowest BCUT2D eigenvalue weighted by Crippen LogP contribution is -2.53. The molecule has 2 saturated heterocycles. The fraction of sp³-hybridized carbons (Fsp3) is 0.435. The number of fused-ring (bicyclic) bond motifs is 1. The van der Waals surface area contributed by atoms with Crippen molar-refractivity contribution in [3.05, 3.63) is 52.8 Å². The van der Waals surface area contributed by atoms with Crippen molar-refractivity contribution in [1.82, 2.24) is 25.2 Å². The van der Waals surface area contributed by atoms with Gasteiger partial charge in [-0.05, 0) is 56.6 Å². The van der Waals surface area contributed by atoms with Gasteiger partial charge in [0.25, 0.3) is 0 Å². The van der Waals surface area contributed by atoms with Gasteiger partial charge in [0.1, 0.15) is 11.3 Å². The fourth-order valence-electron chi connectivity index (χ4n) is 4.68. The first-order valence-electron chi connectivity index (χ1n) is 11.1. The van der Waals surface area contributed by atoms with Gasteiger partial charge in [-0.1, -0.05) is 22.9 Å². The van der Waals surface area contributed by atoms with Crippen LogP contribution in [-0.4, -0.2) is 64.6 Å². The highest BCUT2D eigenvalue weighted by molar-refractivity contribution is 6.30. The molecule has 9 heteroatoms. The Balaban J connectivity index is 1.34. The second kappa shape index (κ2) is 8.67. The average Bonchev–Trinajstić information content (AvgIpc) is 3.48. The SMILES string of the molecule is C[C@H](c1ccc(Cl)cc1F)n1nnc2ccc(N3CCN(C(=O)[C@H]4CCCN4)CC3)cc21. The highest BCUT2D eigenvalue weighted by Gasteiger charge is 2.29. The van der Waals surface area contributed by atoms with E-state index in [1.54, 1.807) is 16.8 Å². The quantitative estimate of drug-likeness (QED) is 0.653. The minimum absolute atomic E-state index is 0.0203. The number of amides is 1. The van der Waals surface area contributed by atoms with E-state index in [0.29, 0.717) is 23.7 Å². The normalized spacial score (nSPS) is 20.2. The van der Waals surface area contributed by atoms with Crippen molar-refractivity contribution in [2.45, 2.75) is 31.8 Å². The summed E-state index contributed by atoms with van der Waals surface area (Å²) >= 11 is 5.91. The van der Waals surface area contributed by atoms with Crippen molar-refractivity contribution >= 4 is 34.2 Å². The minimum atomic E-state index is -0.359. The lowest BCUT2D eigenvalue weighted by molar-refractivity contribution is -0.133. The smallest absolute Gasteiger partial charge is 0.239 e. The molecule has 2 aliphatic heterocycles. The Hall–Kier alpha value is -2.71. The van der Waals surface area contributed by atoms with Gasteiger partial charge in [0.05, 0.1) is 17.6 Å². The van der Waals surface area contributed by atoms with Gasteiger partial charge in [-0.3, -0.25) is 4.79 Å². The summed E-state index contributed by atoms with van der Waals surface area (Å²) in [6, 6.07) is 10.4. The number of nitrogens with zero attached hydrogens (tertiary/aromatic N) is 5. The second-order valence-electron chi connectivity index (χ2n) is 8.51. The van der Waals surface area contributed by atoms with E-state index in [1.807, 2.05) is 24.0 Å². The molecule has 3 aromatic rings. The first kappa shape index (κ1) is 21.2. The molecule has 0 spiro atoms. The Morgan fingerprint density at radius 1 is 1.19 bits per heavy atom. The Morgan fingerprint density at radius 3 is 2.72 bits per heavy atom. The van der Waals surface area contributed by atoms with Crippen LogP contribution in [0.3, 0.4) is 0 Å². The van der Waals surface area contributed by atoms with Crippen LogP contribution in [0.5, 0.6) is 0 Å². The maximum absolute atomic E-state index is 14.5. The molecule has 2 aromatic carbocycles. The van der Waals surface area contributed by atoms with Crippen LogP contribution in [0, 0.1) is 5.82 Å². The Labute approximate surface area is 191 Å². The van der Waals surface area contributed by atoms with Crippen molar-refractivity contribution in [2.75, 3.05) is 37.6 Å². The maximum atomic E-state index is 14.5. The lowest BCUT2D eigenvalue weighted by atomic mass is 10.1. The number of anilines is 1. The van der Waals surface area contributed by atoms with Crippen LogP contribution >= 0.6 is 11.6 Å².